The molecule has 0 unspecified atom stereocenters. The van der Waals surface area contributed by atoms with Crippen LogP contribution >= 0.6 is 0 Å². The van der Waals surface area contributed by atoms with Crippen LogP contribution in [0, 0.1) is 0 Å². The summed E-state index contributed by atoms with van der Waals surface area (Å²) in [6.07, 6.45) is 0.174. The lowest BCUT2D eigenvalue weighted by atomic mass is 10.1. The van der Waals surface area contributed by atoms with Gasteiger partial charge in [-0.1, -0.05) is 0 Å². The number of aliphatic hydroxyl groups is 1. The molecule has 2 atom stereocenters. The number of aliphatic hydroxyl groups excluding tert-OH is 1. The standard InChI is InChI=1S/C7H13NO3/c1-5(9)6-3-2-4-8(6)7(10)11/h5-6,9H,2-4H2,1H3,(H,10,11)/t5-,6-/m1/s1. The summed E-state index contributed by atoms with van der Waals surface area (Å²) in [6, 6.07) is -0.188. The van der Waals surface area contributed by atoms with E-state index in [-0.39, 0.29) is 6.04 Å². The van der Waals surface area contributed by atoms with E-state index in [0.29, 0.717) is 6.54 Å². The molecule has 1 saturated heterocycles. The fraction of sp³-hybridized carbons (Fsp3) is 0.857. The maximum absolute atomic E-state index is 10.5. The number of hydrogen-bond donors (Lipinski definition) is 2. The lowest BCUT2D eigenvalue weighted by Crippen LogP contribution is -2.40. The Hall–Kier alpha value is -0.770. The van der Waals surface area contributed by atoms with Gasteiger partial charge in [0.2, 0.25) is 0 Å². The molecule has 4 heteroatoms. The highest BCUT2D eigenvalue weighted by Gasteiger charge is 2.31. The first-order chi connectivity index (χ1) is 5.13. The third kappa shape index (κ3) is 1.63. The summed E-state index contributed by atoms with van der Waals surface area (Å²) in [7, 11) is 0. The monoisotopic (exact) mass is 159 g/mol. The highest BCUT2D eigenvalue weighted by molar-refractivity contribution is 5.65. The highest BCUT2D eigenvalue weighted by Crippen LogP contribution is 2.19. The van der Waals surface area contributed by atoms with Crippen LogP contribution in [0.4, 0.5) is 4.79 Å². The second-order valence-electron chi connectivity index (χ2n) is 2.93. The molecular formula is C7H13NO3. The van der Waals surface area contributed by atoms with Crippen LogP contribution in [0.1, 0.15) is 19.8 Å². The lowest BCUT2D eigenvalue weighted by Gasteiger charge is -2.23. The van der Waals surface area contributed by atoms with Gasteiger partial charge >= 0.3 is 6.09 Å². The van der Waals surface area contributed by atoms with E-state index in [9.17, 15) is 4.79 Å². The van der Waals surface area contributed by atoms with E-state index < -0.39 is 12.2 Å². The molecule has 0 saturated carbocycles. The summed E-state index contributed by atoms with van der Waals surface area (Å²) in [5.41, 5.74) is 0. The summed E-state index contributed by atoms with van der Waals surface area (Å²) in [5, 5.41) is 17.8. The lowest BCUT2D eigenvalue weighted by molar-refractivity contribution is 0.0782. The Balaban J connectivity index is 2.58. The third-order valence-corrected chi connectivity index (χ3v) is 2.10. The molecule has 0 spiro atoms. The number of carboxylic acid groups (broad SMARTS) is 1. The van der Waals surface area contributed by atoms with Crippen LogP contribution in [0.25, 0.3) is 0 Å². The molecule has 1 amide bonds. The van der Waals surface area contributed by atoms with Gasteiger partial charge in [0.25, 0.3) is 0 Å². The molecule has 1 aliphatic heterocycles. The Kier molecular flexibility index (Phi) is 2.34. The SMILES string of the molecule is C[C@@H](O)[C@H]1CCCN1C(=O)O. The largest absolute Gasteiger partial charge is 0.465 e. The van der Waals surface area contributed by atoms with Crippen molar-refractivity contribution in [3.05, 3.63) is 0 Å². The zero-order valence-corrected chi connectivity index (χ0v) is 6.53. The predicted octanol–water partition coefficient (Wildman–Crippen LogP) is 0.510. The predicted molar refractivity (Wildman–Crippen MR) is 39.4 cm³/mol. The quantitative estimate of drug-likeness (QED) is 0.586. The smallest absolute Gasteiger partial charge is 0.407 e. The molecule has 11 heavy (non-hydrogen) atoms. The van der Waals surface area contributed by atoms with Crippen LogP contribution < -0.4 is 0 Å². The van der Waals surface area contributed by atoms with Crippen molar-refractivity contribution in [1.82, 2.24) is 4.90 Å². The van der Waals surface area contributed by atoms with Crippen LogP contribution in [0.5, 0.6) is 0 Å². The molecule has 1 fully saturated rings. The molecule has 0 bridgehead atoms. The van der Waals surface area contributed by atoms with Gasteiger partial charge in [-0.2, -0.15) is 0 Å². The molecule has 0 aromatic rings. The van der Waals surface area contributed by atoms with Gasteiger partial charge in [0.1, 0.15) is 0 Å². The molecule has 4 nitrogen and oxygen atoms in total. The normalized spacial score (nSPS) is 27.1. The highest BCUT2D eigenvalue weighted by atomic mass is 16.4. The Bertz CT molecular complexity index is 158. The Morgan fingerprint density at radius 2 is 2.36 bits per heavy atom. The van der Waals surface area contributed by atoms with E-state index in [2.05, 4.69) is 0 Å². The van der Waals surface area contributed by atoms with Crippen molar-refractivity contribution < 1.29 is 15.0 Å². The van der Waals surface area contributed by atoms with Crippen molar-refractivity contribution in [2.45, 2.75) is 31.9 Å². The van der Waals surface area contributed by atoms with E-state index in [0.717, 1.165) is 12.8 Å². The number of amides is 1. The van der Waals surface area contributed by atoms with Crippen LogP contribution in [-0.4, -0.2) is 39.9 Å². The van der Waals surface area contributed by atoms with E-state index in [1.807, 2.05) is 0 Å². The average Bonchev–Trinajstić information content (AvgIpc) is 2.32. The minimum atomic E-state index is -0.923. The van der Waals surface area contributed by atoms with Crippen LogP contribution in [0.2, 0.25) is 0 Å². The first-order valence-electron chi connectivity index (χ1n) is 3.80. The molecule has 64 valence electrons. The van der Waals surface area contributed by atoms with E-state index >= 15 is 0 Å². The fourth-order valence-electron chi connectivity index (χ4n) is 1.53. The average molecular weight is 159 g/mol. The van der Waals surface area contributed by atoms with Crippen molar-refractivity contribution >= 4 is 6.09 Å². The van der Waals surface area contributed by atoms with Gasteiger partial charge in [0.05, 0.1) is 12.1 Å². The van der Waals surface area contributed by atoms with E-state index in [4.69, 9.17) is 10.2 Å². The fourth-order valence-corrected chi connectivity index (χ4v) is 1.53. The van der Waals surface area contributed by atoms with Crippen molar-refractivity contribution in [2.75, 3.05) is 6.54 Å². The van der Waals surface area contributed by atoms with Gasteiger partial charge in [0, 0.05) is 6.54 Å². The Morgan fingerprint density at radius 3 is 2.73 bits per heavy atom. The summed E-state index contributed by atoms with van der Waals surface area (Å²) < 4.78 is 0. The Labute approximate surface area is 65.4 Å². The number of hydrogen-bond acceptors (Lipinski definition) is 2. The van der Waals surface area contributed by atoms with Gasteiger partial charge in [-0.05, 0) is 19.8 Å². The molecule has 1 heterocycles. The zero-order chi connectivity index (χ0) is 8.43. The van der Waals surface area contributed by atoms with Crippen LogP contribution in [0.3, 0.4) is 0 Å². The number of carbonyl (C=O) groups is 1. The Morgan fingerprint density at radius 1 is 1.73 bits per heavy atom. The van der Waals surface area contributed by atoms with Crippen molar-refractivity contribution in [3.63, 3.8) is 0 Å². The zero-order valence-electron chi connectivity index (χ0n) is 6.53. The van der Waals surface area contributed by atoms with Crippen molar-refractivity contribution in [3.8, 4) is 0 Å². The third-order valence-electron chi connectivity index (χ3n) is 2.10. The van der Waals surface area contributed by atoms with Gasteiger partial charge < -0.3 is 15.1 Å². The van der Waals surface area contributed by atoms with Crippen molar-refractivity contribution in [2.24, 2.45) is 0 Å². The molecule has 0 radical (unpaired) electrons. The van der Waals surface area contributed by atoms with Crippen molar-refractivity contribution in [1.29, 1.82) is 0 Å². The second kappa shape index (κ2) is 3.09. The second-order valence-corrected chi connectivity index (χ2v) is 2.93. The van der Waals surface area contributed by atoms with E-state index in [1.165, 1.54) is 4.90 Å². The topological polar surface area (TPSA) is 60.8 Å². The van der Waals surface area contributed by atoms with E-state index in [1.54, 1.807) is 6.92 Å². The summed E-state index contributed by atoms with van der Waals surface area (Å²) in [5.74, 6) is 0. The number of nitrogens with zero attached hydrogens (tertiary/aromatic N) is 1. The molecule has 1 rings (SSSR count). The van der Waals surface area contributed by atoms with Crippen LogP contribution in [-0.2, 0) is 0 Å². The van der Waals surface area contributed by atoms with Gasteiger partial charge in [-0.25, -0.2) is 4.79 Å². The molecule has 0 aromatic heterocycles. The first-order valence-corrected chi connectivity index (χ1v) is 3.80. The molecule has 2 N–H and O–H groups in total. The van der Waals surface area contributed by atoms with Gasteiger partial charge in [0.15, 0.2) is 0 Å². The van der Waals surface area contributed by atoms with Crippen LogP contribution in [0.15, 0.2) is 0 Å². The summed E-state index contributed by atoms with van der Waals surface area (Å²) in [4.78, 5) is 11.8. The summed E-state index contributed by atoms with van der Waals surface area (Å²) in [6.45, 7) is 2.19. The molecule has 0 aliphatic carbocycles. The number of rotatable bonds is 1. The molecular weight excluding hydrogens is 146 g/mol. The minimum absolute atomic E-state index is 0.188. The first kappa shape index (κ1) is 8.33. The van der Waals surface area contributed by atoms with Gasteiger partial charge in [-0.3, -0.25) is 0 Å². The maximum Gasteiger partial charge on any atom is 0.407 e. The summed E-state index contributed by atoms with van der Waals surface area (Å²) >= 11 is 0. The maximum atomic E-state index is 10.5. The number of likely N-dealkylation sites (tertiary alicyclic amines) is 1. The van der Waals surface area contributed by atoms with Gasteiger partial charge in [-0.15, -0.1) is 0 Å². The molecule has 0 aromatic carbocycles. The minimum Gasteiger partial charge on any atom is -0.465 e. The molecule has 1 aliphatic rings.